The van der Waals surface area contributed by atoms with Crippen LogP contribution in [0, 0.1) is 5.92 Å². The molecule has 5 rings (SSSR count). The summed E-state index contributed by atoms with van der Waals surface area (Å²) in [6.07, 6.45) is -7.39. The van der Waals surface area contributed by atoms with Gasteiger partial charge in [-0.3, -0.25) is 9.98 Å². The number of carboxylic acids is 1. The first kappa shape index (κ1) is 39.6. The average molecular weight is 721 g/mol. The molecule has 4 aliphatic rings. The molecule has 4 saturated heterocycles. The van der Waals surface area contributed by atoms with E-state index in [0.29, 0.717) is 12.2 Å². The summed E-state index contributed by atoms with van der Waals surface area (Å²) in [7, 11) is 5.13. The summed E-state index contributed by atoms with van der Waals surface area (Å²) in [5.41, 5.74) is 2.65. The molecule has 0 unspecified atom stereocenters. The van der Waals surface area contributed by atoms with Crippen LogP contribution in [0.4, 0.5) is 13.2 Å². The molecule has 0 spiro atoms. The highest BCUT2D eigenvalue weighted by atomic mass is 32.2. The molecule has 1 aromatic carbocycles. The number of benzene rings is 1. The Morgan fingerprint density at radius 3 is 1.88 bits per heavy atom. The number of fused-ring (bicyclic) bond motifs is 2. The lowest BCUT2D eigenvalue weighted by atomic mass is 9.87. The highest BCUT2D eigenvalue weighted by Gasteiger charge is 2.50. The Balaban J connectivity index is 0.000000231. The van der Waals surface area contributed by atoms with Gasteiger partial charge in [0.05, 0.1) is 38.0 Å². The van der Waals surface area contributed by atoms with Crippen LogP contribution in [0.15, 0.2) is 58.6 Å². The predicted octanol–water partition coefficient (Wildman–Crippen LogP) is 3.54. The maximum atomic E-state index is 10.6. The van der Waals surface area contributed by atoms with E-state index < -0.39 is 30.5 Å². The Morgan fingerprint density at radius 1 is 0.938 bits per heavy atom. The van der Waals surface area contributed by atoms with Gasteiger partial charge in [0, 0.05) is 20.0 Å². The lowest BCUT2D eigenvalue weighted by Gasteiger charge is -2.42. The fraction of sp³-hybridized carbons (Fsp3) is 0.581. The van der Waals surface area contributed by atoms with Gasteiger partial charge in [-0.25, -0.2) is 4.79 Å². The fourth-order valence-corrected chi connectivity index (χ4v) is 7.48. The Morgan fingerprint density at radius 2 is 1.42 bits per heavy atom. The van der Waals surface area contributed by atoms with Crippen LogP contribution in [0.2, 0.25) is 0 Å². The van der Waals surface area contributed by atoms with Gasteiger partial charge in [0.2, 0.25) is 0 Å². The molecule has 12 nitrogen and oxygen atoms in total. The maximum Gasteiger partial charge on any atom is 0.490 e. The number of nitrogens with zero attached hydrogens (tertiary/aromatic N) is 2. The highest BCUT2D eigenvalue weighted by molar-refractivity contribution is 8.14. The van der Waals surface area contributed by atoms with Gasteiger partial charge in [-0.2, -0.15) is 13.2 Å². The first-order chi connectivity index (χ1) is 22.5. The molecule has 5 N–H and O–H groups in total. The topological polar surface area (TPSA) is 163 Å². The van der Waals surface area contributed by atoms with Gasteiger partial charge in [0.15, 0.2) is 10.3 Å². The van der Waals surface area contributed by atoms with Gasteiger partial charge in [0.1, 0.15) is 34.9 Å². The zero-order valence-electron chi connectivity index (χ0n) is 27.4. The van der Waals surface area contributed by atoms with Gasteiger partial charge >= 0.3 is 12.1 Å². The minimum Gasteiger partial charge on any atom is -0.497 e. The molecule has 4 heterocycles. The third-order valence-electron chi connectivity index (χ3n) is 7.78. The minimum absolute atomic E-state index is 0.00235. The molecule has 4 fully saturated rings. The van der Waals surface area contributed by atoms with E-state index in [-0.39, 0.29) is 41.1 Å². The minimum atomic E-state index is -5.08. The number of aliphatic hydroxyl groups is 2. The number of halogens is 3. The van der Waals surface area contributed by atoms with Crippen LogP contribution < -0.4 is 15.4 Å². The Bertz CT molecular complexity index is 1350. The number of hydrogen-bond donors (Lipinski definition) is 5. The number of thioether (sulfide) groups is 2. The molecule has 0 aliphatic carbocycles. The summed E-state index contributed by atoms with van der Waals surface area (Å²) in [5, 5.41) is 35.1. The number of carbonyl (C=O) groups is 1. The number of nitrogens with one attached hydrogen (secondary N) is 2. The van der Waals surface area contributed by atoms with Gasteiger partial charge in [-0.15, -0.1) is 0 Å². The van der Waals surface area contributed by atoms with E-state index in [1.165, 1.54) is 11.8 Å². The number of alkyl halides is 3. The maximum absolute atomic E-state index is 10.6. The zero-order valence-corrected chi connectivity index (χ0v) is 29.1. The molecule has 0 saturated carbocycles. The van der Waals surface area contributed by atoms with E-state index in [2.05, 4.69) is 40.7 Å². The molecule has 10 atom stereocenters. The van der Waals surface area contributed by atoms with E-state index in [1.54, 1.807) is 39.9 Å². The van der Waals surface area contributed by atoms with Gasteiger partial charge < -0.3 is 44.9 Å². The van der Waals surface area contributed by atoms with Crippen LogP contribution in [-0.2, 0) is 25.6 Å². The predicted molar refractivity (Wildman–Crippen MR) is 179 cm³/mol. The van der Waals surface area contributed by atoms with Crippen molar-refractivity contribution in [2.24, 2.45) is 15.9 Å². The molecule has 0 amide bonds. The first-order valence-electron chi connectivity index (χ1n) is 14.8. The van der Waals surface area contributed by atoms with Crippen LogP contribution in [0.5, 0.6) is 5.75 Å². The summed E-state index contributed by atoms with van der Waals surface area (Å²) in [5.74, 6) is -1.70. The van der Waals surface area contributed by atoms with Crippen LogP contribution in [0.3, 0.4) is 0 Å². The SMILES string of the molecule is C=C(C)[C@H]1O[C@@H]2SC(=NC)N[C@@H]2[C@@H](O)[C@@H]1O.C=C(C)[C@H]1O[C@@H]2SC(=NC)N[C@@H]2[C@@H](OCc2ccc(OC)cc2)[C@@H]1C.O=C(O)C(F)(F)F. The van der Waals surface area contributed by atoms with Crippen molar-refractivity contribution in [3.8, 4) is 5.75 Å². The molecule has 4 aliphatic heterocycles. The summed E-state index contributed by atoms with van der Waals surface area (Å²) in [4.78, 5) is 17.2. The third kappa shape index (κ3) is 9.89. The molecule has 0 aromatic heterocycles. The van der Waals surface area contributed by atoms with Crippen molar-refractivity contribution in [3.63, 3.8) is 0 Å². The quantitative estimate of drug-likeness (QED) is 0.272. The van der Waals surface area contributed by atoms with Crippen LogP contribution in [-0.4, -0.2) is 112 Å². The van der Waals surface area contributed by atoms with Gasteiger partial charge in [0.25, 0.3) is 0 Å². The number of aliphatic imine (C=N–C) groups is 2. The Kier molecular flexibility index (Phi) is 14.2. The molecule has 48 heavy (non-hydrogen) atoms. The standard InChI is InChI=1S/C19H26N2O3S.C10H16N2O3S.C2HF3O2/c1-11(2)16-12(3)17(15-18(24-16)25-19(20-4)21-15)23-10-13-6-8-14(22-5)9-7-13;1-4(2)8-7(14)6(13)5-9(15-8)16-10(11-3)12-5;3-2(4,5)1(6)7/h6-9,12,15-18H,1,10H2,2-5H3,(H,20,21);5-9,13-14H,1H2,2-3H3,(H,11,12);(H,6,7)/t12-,15-,16-,17+,18-;5-,6-,7+,8-,9-;/m11./s1. The van der Waals surface area contributed by atoms with Crippen LogP contribution in [0.25, 0.3) is 0 Å². The van der Waals surface area contributed by atoms with Crippen LogP contribution in [0.1, 0.15) is 26.3 Å². The van der Waals surface area contributed by atoms with E-state index in [1.807, 2.05) is 31.2 Å². The average Bonchev–Trinajstić information content (AvgIpc) is 3.66. The van der Waals surface area contributed by atoms with E-state index in [4.69, 9.17) is 28.8 Å². The number of aliphatic hydroxyl groups excluding tert-OH is 2. The number of ether oxygens (including phenoxy) is 4. The van der Waals surface area contributed by atoms with Crippen molar-refractivity contribution in [2.45, 2.75) is 87.0 Å². The second kappa shape index (κ2) is 17.2. The second-order valence-electron chi connectivity index (χ2n) is 11.4. The molecule has 0 bridgehead atoms. The van der Waals surface area contributed by atoms with Crippen molar-refractivity contribution in [2.75, 3.05) is 21.2 Å². The van der Waals surface area contributed by atoms with Gasteiger partial charge in [-0.05, 0) is 37.1 Å². The first-order valence-corrected chi connectivity index (χ1v) is 16.6. The summed E-state index contributed by atoms with van der Waals surface area (Å²) in [6.45, 7) is 14.4. The molecule has 268 valence electrons. The number of rotatable bonds is 6. The second-order valence-corrected chi connectivity index (χ2v) is 13.6. The number of aliphatic carboxylic acids is 1. The molecule has 17 heteroatoms. The van der Waals surface area contributed by atoms with E-state index in [9.17, 15) is 23.4 Å². The number of carboxylic acid groups (broad SMARTS) is 1. The number of hydrogen-bond acceptors (Lipinski definition) is 11. The lowest BCUT2D eigenvalue weighted by molar-refractivity contribution is -0.192. The van der Waals surface area contributed by atoms with Crippen molar-refractivity contribution >= 4 is 39.8 Å². The third-order valence-corrected chi connectivity index (χ3v) is 10.1. The summed E-state index contributed by atoms with van der Waals surface area (Å²) >= 11 is 3.05. The summed E-state index contributed by atoms with van der Waals surface area (Å²) in [6, 6.07) is 7.76. The highest BCUT2D eigenvalue weighted by Crippen LogP contribution is 2.40. The largest absolute Gasteiger partial charge is 0.497 e. The molecular weight excluding hydrogens is 677 g/mol. The molecule has 1 aromatic rings. The van der Waals surface area contributed by atoms with Crippen molar-refractivity contribution in [3.05, 3.63) is 54.1 Å². The molecular formula is C31H43F3N4O8S2. The number of methoxy groups -OCH3 is 1. The van der Waals surface area contributed by atoms with E-state index >= 15 is 0 Å². The zero-order chi connectivity index (χ0) is 35.9. The lowest BCUT2D eigenvalue weighted by Crippen LogP contribution is -2.58. The number of amidine groups is 2. The van der Waals surface area contributed by atoms with E-state index in [0.717, 1.165) is 27.2 Å². The van der Waals surface area contributed by atoms with Crippen molar-refractivity contribution in [1.29, 1.82) is 0 Å². The van der Waals surface area contributed by atoms with Gasteiger partial charge in [-0.1, -0.05) is 61.3 Å². The fourth-order valence-electron chi connectivity index (χ4n) is 5.33. The van der Waals surface area contributed by atoms with Crippen molar-refractivity contribution < 1.29 is 52.2 Å². The summed E-state index contributed by atoms with van der Waals surface area (Å²) < 4.78 is 55.2. The Labute approximate surface area is 286 Å². The normalized spacial score (nSPS) is 33.9. The monoisotopic (exact) mass is 720 g/mol. The molecule has 0 radical (unpaired) electrons. The van der Waals surface area contributed by atoms with Crippen molar-refractivity contribution in [1.82, 2.24) is 10.6 Å². The smallest absolute Gasteiger partial charge is 0.490 e. The Hall–Kier alpha value is -2.80. The van der Waals surface area contributed by atoms with Crippen LogP contribution >= 0.6 is 23.5 Å².